The molecule has 0 atom stereocenters. The molecule has 0 saturated heterocycles. The zero-order valence-corrected chi connectivity index (χ0v) is 15.0. The number of rotatable bonds is 6. The normalized spacial score (nSPS) is 13.6. The fourth-order valence-corrected chi connectivity index (χ4v) is 4.76. The number of aryl methyl sites for hydroxylation is 1. The molecule has 0 aromatic heterocycles. The smallest absolute Gasteiger partial charge is 0.307 e. The first-order chi connectivity index (χ1) is 11.9. The van der Waals surface area contributed by atoms with Crippen LogP contribution >= 0.6 is 11.6 Å². The molecule has 2 aromatic carbocycles. The van der Waals surface area contributed by atoms with E-state index in [-0.39, 0.29) is 22.9 Å². The van der Waals surface area contributed by atoms with Crippen molar-refractivity contribution in [2.75, 3.05) is 0 Å². The van der Waals surface area contributed by atoms with Gasteiger partial charge < -0.3 is 5.11 Å². The lowest BCUT2D eigenvalue weighted by atomic mass is 9.96. The van der Waals surface area contributed by atoms with Crippen molar-refractivity contribution in [3.63, 3.8) is 0 Å². The van der Waals surface area contributed by atoms with Crippen molar-refractivity contribution >= 4 is 27.6 Å². The van der Waals surface area contributed by atoms with Gasteiger partial charge >= 0.3 is 5.97 Å². The van der Waals surface area contributed by atoms with Crippen LogP contribution in [0.3, 0.4) is 0 Å². The molecule has 0 unspecified atom stereocenters. The van der Waals surface area contributed by atoms with E-state index in [0.29, 0.717) is 5.56 Å². The van der Waals surface area contributed by atoms with Crippen molar-refractivity contribution in [3.8, 4) is 0 Å². The lowest BCUT2D eigenvalue weighted by Crippen LogP contribution is -2.25. The fourth-order valence-electron chi connectivity index (χ4n) is 3.25. The van der Waals surface area contributed by atoms with Gasteiger partial charge in [0.05, 0.1) is 11.4 Å². The van der Waals surface area contributed by atoms with Gasteiger partial charge in [-0.25, -0.2) is 13.1 Å². The third kappa shape index (κ3) is 3.86. The van der Waals surface area contributed by atoms with Crippen molar-refractivity contribution < 1.29 is 18.3 Å². The summed E-state index contributed by atoms with van der Waals surface area (Å²) >= 11 is 5.99. The van der Waals surface area contributed by atoms with Crippen molar-refractivity contribution in [2.45, 2.75) is 37.1 Å². The standard InChI is InChI=1S/C18H18ClNO4S/c19-16-6-1-2-7-17(16)25(23,24)20-11-15-13(10-18(21)22)9-8-12-4-3-5-14(12)15/h1-2,6-9,20H,3-5,10-11H2,(H,21,22). The summed E-state index contributed by atoms with van der Waals surface area (Å²) in [6.45, 7) is 0.0549. The minimum absolute atomic E-state index is 0.0176. The summed E-state index contributed by atoms with van der Waals surface area (Å²) in [5.41, 5.74) is 3.66. The largest absolute Gasteiger partial charge is 0.481 e. The van der Waals surface area contributed by atoms with E-state index in [0.717, 1.165) is 30.4 Å². The van der Waals surface area contributed by atoms with Gasteiger partial charge in [-0.3, -0.25) is 4.79 Å². The summed E-state index contributed by atoms with van der Waals surface area (Å²) < 4.78 is 27.7. The number of nitrogens with one attached hydrogen (secondary N) is 1. The second kappa shape index (κ2) is 7.15. The molecule has 1 aliphatic rings. The highest BCUT2D eigenvalue weighted by molar-refractivity contribution is 7.89. The Balaban J connectivity index is 1.91. The van der Waals surface area contributed by atoms with E-state index >= 15 is 0 Å². The highest BCUT2D eigenvalue weighted by Crippen LogP contribution is 2.29. The Bertz CT molecular complexity index is 925. The average Bonchev–Trinajstić information content (AvgIpc) is 3.02. The van der Waals surface area contributed by atoms with Crippen LogP contribution in [0, 0.1) is 0 Å². The van der Waals surface area contributed by atoms with E-state index in [2.05, 4.69) is 4.72 Å². The van der Waals surface area contributed by atoms with Crippen LogP contribution in [0.2, 0.25) is 5.02 Å². The maximum absolute atomic E-state index is 12.5. The molecule has 0 fully saturated rings. The van der Waals surface area contributed by atoms with E-state index in [4.69, 9.17) is 16.7 Å². The van der Waals surface area contributed by atoms with Crippen LogP contribution in [0.5, 0.6) is 0 Å². The lowest BCUT2D eigenvalue weighted by Gasteiger charge is -2.15. The first kappa shape index (κ1) is 17.9. The second-order valence-corrected chi connectivity index (χ2v) is 8.16. The first-order valence-electron chi connectivity index (χ1n) is 7.97. The molecule has 0 bridgehead atoms. The number of fused-ring (bicyclic) bond motifs is 1. The molecule has 0 spiro atoms. The zero-order valence-electron chi connectivity index (χ0n) is 13.5. The molecular formula is C18H18ClNO4S. The number of hydrogen-bond donors (Lipinski definition) is 2. The molecule has 7 heteroatoms. The Morgan fingerprint density at radius 2 is 1.92 bits per heavy atom. The molecule has 2 aromatic rings. The number of carbonyl (C=O) groups is 1. The highest BCUT2D eigenvalue weighted by atomic mass is 35.5. The summed E-state index contributed by atoms with van der Waals surface area (Å²) in [6, 6.07) is 9.97. The lowest BCUT2D eigenvalue weighted by molar-refractivity contribution is -0.136. The topological polar surface area (TPSA) is 83.5 Å². The summed E-state index contributed by atoms with van der Waals surface area (Å²) in [6.07, 6.45) is 2.64. The van der Waals surface area contributed by atoms with E-state index in [1.54, 1.807) is 18.2 Å². The molecule has 25 heavy (non-hydrogen) atoms. The van der Waals surface area contributed by atoms with Crippen molar-refractivity contribution in [1.29, 1.82) is 0 Å². The van der Waals surface area contributed by atoms with Gasteiger partial charge in [0, 0.05) is 6.54 Å². The van der Waals surface area contributed by atoms with E-state index < -0.39 is 16.0 Å². The van der Waals surface area contributed by atoms with Crippen molar-refractivity contribution in [1.82, 2.24) is 4.72 Å². The SMILES string of the molecule is O=C(O)Cc1ccc2c(c1CNS(=O)(=O)c1ccccc1Cl)CCC2. The second-order valence-electron chi connectivity index (χ2n) is 6.02. The predicted molar refractivity (Wildman–Crippen MR) is 95.3 cm³/mol. The summed E-state index contributed by atoms with van der Waals surface area (Å²) in [5.74, 6) is -0.937. The Kier molecular flexibility index (Phi) is 5.13. The van der Waals surface area contributed by atoms with Crippen LogP contribution in [0.15, 0.2) is 41.3 Å². The third-order valence-electron chi connectivity index (χ3n) is 4.40. The number of aliphatic carboxylic acids is 1. The third-order valence-corrected chi connectivity index (χ3v) is 6.31. The molecule has 0 heterocycles. The number of carboxylic acids is 1. The van der Waals surface area contributed by atoms with Gasteiger partial charge in [-0.15, -0.1) is 0 Å². The quantitative estimate of drug-likeness (QED) is 0.808. The van der Waals surface area contributed by atoms with Gasteiger partial charge in [0.25, 0.3) is 0 Å². The van der Waals surface area contributed by atoms with Crippen LogP contribution in [0.25, 0.3) is 0 Å². The van der Waals surface area contributed by atoms with E-state index in [1.165, 1.54) is 17.7 Å². The van der Waals surface area contributed by atoms with Crippen molar-refractivity contribution in [2.24, 2.45) is 0 Å². The first-order valence-corrected chi connectivity index (χ1v) is 9.83. The molecule has 0 saturated carbocycles. The number of carboxylic acid groups (broad SMARTS) is 1. The molecular weight excluding hydrogens is 362 g/mol. The van der Waals surface area contributed by atoms with Crippen molar-refractivity contribution in [3.05, 3.63) is 63.7 Å². The van der Waals surface area contributed by atoms with Crippen LogP contribution in [0.1, 0.15) is 28.7 Å². The summed E-state index contributed by atoms with van der Waals surface area (Å²) in [4.78, 5) is 11.1. The average molecular weight is 380 g/mol. The van der Waals surface area contributed by atoms with Gasteiger partial charge in [-0.2, -0.15) is 0 Å². The number of benzene rings is 2. The molecule has 0 radical (unpaired) electrons. The molecule has 132 valence electrons. The maximum Gasteiger partial charge on any atom is 0.307 e. The van der Waals surface area contributed by atoms with Gasteiger partial charge in [0.15, 0.2) is 0 Å². The predicted octanol–water partition coefficient (Wildman–Crippen LogP) is 2.93. The Morgan fingerprint density at radius 1 is 1.16 bits per heavy atom. The maximum atomic E-state index is 12.5. The molecule has 5 nitrogen and oxygen atoms in total. The molecule has 0 aliphatic heterocycles. The van der Waals surface area contributed by atoms with E-state index in [9.17, 15) is 13.2 Å². The van der Waals surface area contributed by atoms with Crippen LogP contribution < -0.4 is 4.72 Å². The fraction of sp³-hybridized carbons (Fsp3) is 0.278. The monoisotopic (exact) mass is 379 g/mol. The minimum Gasteiger partial charge on any atom is -0.481 e. The Hall–Kier alpha value is -1.89. The van der Waals surface area contributed by atoms with Crippen LogP contribution in [-0.2, 0) is 40.6 Å². The summed E-state index contributed by atoms with van der Waals surface area (Å²) in [7, 11) is -3.78. The summed E-state index contributed by atoms with van der Waals surface area (Å²) in [5, 5.41) is 9.28. The molecule has 3 rings (SSSR count). The Labute approximate surface area is 151 Å². The van der Waals surface area contributed by atoms with Gasteiger partial charge in [0.1, 0.15) is 4.90 Å². The minimum atomic E-state index is -3.78. The Morgan fingerprint density at radius 3 is 2.64 bits per heavy atom. The number of hydrogen-bond acceptors (Lipinski definition) is 3. The van der Waals surface area contributed by atoms with Crippen LogP contribution in [0.4, 0.5) is 0 Å². The van der Waals surface area contributed by atoms with Gasteiger partial charge in [0.2, 0.25) is 10.0 Å². The number of sulfonamides is 1. The number of halogens is 1. The van der Waals surface area contributed by atoms with E-state index in [1.807, 2.05) is 6.07 Å². The van der Waals surface area contributed by atoms with Gasteiger partial charge in [-0.05, 0) is 53.6 Å². The van der Waals surface area contributed by atoms with Crippen LogP contribution in [-0.4, -0.2) is 19.5 Å². The molecule has 1 aliphatic carbocycles. The van der Waals surface area contributed by atoms with Gasteiger partial charge in [-0.1, -0.05) is 35.9 Å². The molecule has 2 N–H and O–H groups in total. The molecule has 0 amide bonds. The highest BCUT2D eigenvalue weighted by Gasteiger charge is 2.22. The zero-order chi connectivity index (χ0) is 18.0.